The second kappa shape index (κ2) is 3.81. The minimum Gasteiger partial charge on any atom is -0.315 e. The van der Waals surface area contributed by atoms with E-state index in [0.29, 0.717) is 0 Å². The monoisotopic (exact) mass is 211 g/mol. The van der Waals surface area contributed by atoms with Crippen LogP contribution in [0.4, 0.5) is 4.79 Å². The average Bonchev–Trinajstić information content (AvgIpc) is 2.72. The van der Waals surface area contributed by atoms with Crippen LogP contribution >= 0.6 is 0 Å². The molecule has 5 heteroatoms. The Morgan fingerprint density at radius 2 is 2.13 bits per heavy atom. The van der Waals surface area contributed by atoms with Crippen molar-refractivity contribution in [1.82, 2.24) is 15.1 Å². The standard InChI is InChI=1S/C10H17N3O2/c1-7(2)13-9(14)6-12(10(13)15)8-3-4-11-5-8/h7-8,11H,3-6H2,1-2H3. The van der Waals surface area contributed by atoms with Gasteiger partial charge in [-0.1, -0.05) is 0 Å². The van der Waals surface area contributed by atoms with E-state index in [-0.39, 0.29) is 30.6 Å². The van der Waals surface area contributed by atoms with Gasteiger partial charge >= 0.3 is 6.03 Å². The second-order valence-electron chi connectivity index (χ2n) is 4.41. The molecule has 2 saturated heterocycles. The summed E-state index contributed by atoms with van der Waals surface area (Å²) in [5, 5.41) is 3.20. The summed E-state index contributed by atoms with van der Waals surface area (Å²) < 4.78 is 0. The average molecular weight is 211 g/mol. The van der Waals surface area contributed by atoms with E-state index in [9.17, 15) is 9.59 Å². The molecule has 0 aromatic heterocycles. The molecule has 0 aromatic carbocycles. The summed E-state index contributed by atoms with van der Waals surface area (Å²) in [5.74, 6) is -0.0677. The number of hydrogen-bond acceptors (Lipinski definition) is 3. The zero-order valence-electron chi connectivity index (χ0n) is 9.19. The normalized spacial score (nSPS) is 27.3. The van der Waals surface area contributed by atoms with Gasteiger partial charge in [-0.2, -0.15) is 0 Å². The molecule has 0 aliphatic carbocycles. The first-order valence-electron chi connectivity index (χ1n) is 5.44. The Bertz CT molecular complexity index is 284. The highest BCUT2D eigenvalue weighted by Crippen LogP contribution is 2.19. The number of imide groups is 1. The summed E-state index contributed by atoms with van der Waals surface area (Å²) >= 11 is 0. The summed E-state index contributed by atoms with van der Waals surface area (Å²) in [7, 11) is 0. The molecule has 1 N–H and O–H groups in total. The summed E-state index contributed by atoms with van der Waals surface area (Å²) in [4.78, 5) is 26.6. The van der Waals surface area contributed by atoms with Gasteiger partial charge in [-0.3, -0.25) is 9.69 Å². The Kier molecular flexibility index (Phi) is 2.65. The molecular weight excluding hydrogens is 194 g/mol. The van der Waals surface area contributed by atoms with Gasteiger partial charge in [0.25, 0.3) is 5.91 Å². The van der Waals surface area contributed by atoms with Crippen LogP contribution in [0.25, 0.3) is 0 Å². The topological polar surface area (TPSA) is 52.7 Å². The van der Waals surface area contributed by atoms with Crippen LogP contribution in [-0.4, -0.2) is 53.5 Å². The zero-order valence-corrected chi connectivity index (χ0v) is 9.19. The van der Waals surface area contributed by atoms with E-state index >= 15 is 0 Å². The van der Waals surface area contributed by atoms with Crippen molar-refractivity contribution in [2.45, 2.75) is 32.4 Å². The molecule has 5 nitrogen and oxygen atoms in total. The van der Waals surface area contributed by atoms with Gasteiger partial charge in [-0.15, -0.1) is 0 Å². The Morgan fingerprint density at radius 3 is 2.60 bits per heavy atom. The van der Waals surface area contributed by atoms with Gasteiger partial charge in [0.1, 0.15) is 6.54 Å². The van der Waals surface area contributed by atoms with E-state index in [1.807, 2.05) is 13.8 Å². The third kappa shape index (κ3) is 1.71. The molecule has 2 heterocycles. The van der Waals surface area contributed by atoms with E-state index in [4.69, 9.17) is 0 Å². The number of carbonyl (C=O) groups excluding carboxylic acids is 2. The molecule has 2 aliphatic heterocycles. The maximum atomic E-state index is 11.9. The van der Waals surface area contributed by atoms with Crippen molar-refractivity contribution >= 4 is 11.9 Å². The maximum absolute atomic E-state index is 11.9. The Morgan fingerprint density at radius 1 is 1.40 bits per heavy atom. The van der Waals surface area contributed by atoms with Crippen molar-refractivity contribution in [3.63, 3.8) is 0 Å². The maximum Gasteiger partial charge on any atom is 0.327 e. The van der Waals surface area contributed by atoms with Crippen molar-refractivity contribution in [2.75, 3.05) is 19.6 Å². The van der Waals surface area contributed by atoms with Crippen LogP contribution in [0.5, 0.6) is 0 Å². The molecule has 3 amide bonds. The lowest BCUT2D eigenvalue weighted by atomic mass is 10.2. The lowest BCUT2D eigenvalue weighted by Crippen LogP contribution is -2.42. The number of hydrogen-bond donors (Lipinski definition) is 1. The molecule has 15 heavy (non-hydrogen) atoms. The van der Waals surface area contributed by atoms with E-state index in [1.165, 1.54) is 4.90 Å². The lowest BCUT2D eigenvalue weighted by molar-refractivity contribution is -0.126. The lowest BCUT2D eigenvalue weighted by Gasteiger charge is -2.23. The first-order valence-corrected chi connectivity index (χ1v) is 5.44. The van der Waals surface area contributed by atoms with Gasteiger partial charge < -0.3 is 10.2 Å². The summed E-state index contributed by atoms with van der Waals surface area (Å²) in [6.45, 7) is 5.73. The molecule has 0 radical (unpaired) electrons. The molecule has 0 spiro atoms. The third-order valence-corrected chi connectivity index (χ3v) is 3.02. The second-order valence-corrected chi connectivity index (χ2v) is 4.41. The highest BCUT2D eigenvalue weighted by molar-refractivity contribution is 6.02. The predicted molar refractivity (Wildman–Crippen MR) is 55.4 cm³/mol. The summed E-state index contributed by atoms with van der Waals surface area (Å²) in [6, 6.07) is 0.0401. The Balaban J connectivity index is 2.10. The first-order chi connectivity index (χ1) is 7.11. The number of rotatable bonds is 2. The molecule has 2 aliphatic rings. The fourth-order valence-electron chi connectivity index (χ4n) is 2.23. The van der Waals surface area contributed by atoms with Crippen LogP contribution in [0, 0.1) is 0 Å². The van der Waals surface area contributed by atoms with Crippen LogP contribution in [0.3, 0.4) is 0 Å². The van der Waals surface area contributed by atoms with Crippen LogP contribution in [0.1, 0.15) is 20.3 Å². The highest BCUT2D eigenvalue weighted by Gasteiger charge is 2.41. The quantitative estimate of drug-likeness (QED) is 0.655. The molecule has 2 fully saturated rings. The molecule has 0 bridgehead atoms. The van der Waals surface area contributed by atoms with Crippen LogP contribution in [-0.2, 0) is 4.79 Å². The third-order valence-electron chi connectivity index (χ3n) is 3.02. The molecule has 1 unspecified atom stereocenters. The number of nitrogens with zero attached hydrogens (tertiary/aromatic N) is 2. The zero-order chi connectivity index (χ0) is 11.0. The minimum absolute atomic E-state index is 0.0376. The molecular formula is C10H17N3O2. The fraction of sp³-hybridized carbons (Fsp3) is 0.800. The Hall–Kier alpha value is -1.10. The van der Waals surface area contributed by atoms with Gasteiger partial charge in [0.2, 0.25) is 0 Å². The van der Waals surface area contributed by atoms with Crippen molar-refractivity contribution in [3.05, 3.63) is 0 Å². The SMILES string of the molecule is CC(C)N1C(=O)CN(C2CCNC2)C1=O. The largest absolute Gasteiger partial charge is 0.327 e. The fourth-order valence-corrected chi connectivity index (χ4v) is 2.23. The molecule has 1 atom stereocenters. The van der Waals surface area contributed by atoms with Gasteiger partial charge in [-0.05, 0) is 26.8 Å². The van der Waals surface area contributed by atoms with Gasteiger partial charge in [-0.25, -0.2) is 4.79 Å². The molecule has 0 saturated carbocycles. The summed E-state index contributed by atoms with van der Waals surface area (Å²) in [6.07, 6.45) is 0.949. The first kappa shape index (κ1) is 10.4. The minimum atomic E-state index is -0.122. The van der Waals surface area contributed by atoms with E-state index in [2.05, 4.69) is 5.32 Å². The summed E-state index contributed by atoms with van der Waals surface area (Å²) in [5.41, 5.74) is 0. The van der Waals surface area contributed by atoms with E-state index in [0.717, 1.165) is 19.5 Å². The molecule has 84 valence electrons. The van der Waals surface area contributed by atoms with Crippen molar-refractivity contribution in [1.29, 1.82) is 0 Å². The van der Waals surface area contributed by atoms with Crippen molar-refractivity contribution < 1.29 is 9.59 Å². The van der Waals surface area contributed by atoms with Gasteiger partial charge in [0, 0.05) is 18.6 Å². The number of carbonyl (C=O) groups is 2. The highest BCUT2D eigenvalue weighted by atomic mass is 16.2. The van der Waals surface area contributed by atoms with Crippen molar-refractivity contribution in [2.24, 2.45) is 0 Å². The van der Waals surface area contributed by atoms with Crippen LogP contribution in [0.2, 0.25) is 0 Å². The predicted octanol–water partition coefficient (Wildman–Crippen LogP) is 0.0209. The Labute approximate surface area is 89.4 Å². The van der Waals surface area contributed by atoms with E-state index in [1.54, 1.807) is 4.90 Å². The van der Waals surface area contributed by atoms with Crippen LogP contribution in [0.15, 0.2) is 0 Å². The number of amides is 3. The van der Waals surface area contributed by atoms with E-state index < -0.39 is 0 Å². The number of nitrogens with one attached hydrogen (secondary N) is 1. The van der Waals surface area contributed by atoms with Crippen LogP contribution < -0.4 is 5.32 Å². The smallest absolute Gasteiger partial charge is 0.315 e. The van der Waals surface area contributed by atoms with Gasteiger partial charge in [0.05, 0.1) is 0 Å². The number of urea groups is 1. The molecule has 0 aromatic rings. The molecule has 2 rings (SSSR count). The van der Waals surface area contributed by atoms with Crippen molar-refractivity contribution in [3.8, 4) is 0 Å². The van der Waals surface area contributed by atoms with Gasteiger partial charge in [0.15, 0.2) is 0 Å².